The molecular formula is C45H45N3O11S. The lowest BCUT2D eigenvalue weighted by atomic mass is 9.74. The number of nitrogens with one attached hydrogen (secondary N) is 2. The first-order valence-corrected chi connectivity index (χ1v) is 21.1. The molecule has 0 radical (unpaired) electrons. The quantitative estimate of drug-likeness (QED) is 0.106. The van der Waals surface area contributed by atoms with Gasteiger partial charge in [-0.25, -0.2) is 9.59 Å². The molecular weight excluding hydrogens is 791 g/mol. The number of piperazine rings is 1. The van der Waals surface area contributed by atoms with E-state index in [1.54, 1.807) is 18.2 Å². The summed E-state index contributed by atoms with van der Waals surface area (Å²) in [5.41, 5.74) is 4.91. The van der Waals surface area contributed by atoms with E-state index < -0.39 is 53.1 Å². The number of carbonyl (C=O) groups excluding carboxylic acids is 2. The number of rotatable bonds is 5. The third kappa shape index (κ3) is 5.77. The van der Waals surface area contributed by atoms with E-state index in [1.165, 1.54) is 32.1 Å². The van der Waals surface area contributed by atoms with Crippen molar-refractivity contribution in [3.05, 3.63) is 105 Å². The normalized spacial score (nSPS) is 27.4. The van der Waals surface area contributed by atoms with Crippen LogP contribution in [0, 0.1) is 13.8 Å². The Morgan fingerprint density at radius 2 is 1.78 bits per heavy atom. The van der Waals surface area contributed by atoms with Gasteiger partial charge in [0.05, 0.1) is 37.6 Å². The van der Waals surface area contributed by atoms with Gasteiger partial charge >= 0.3 is 11.9 Å². The number of aliphatic hydroxyl groups excluding tert-OH is 1. The molecule has 4 aromatic carbocycles. The second-order valence-corrected chi connectivity index (χ2v) is 17.2. The molecule has 4 aromatic rings. The Labute approximate surface area is 350 Å². The first kappa shape index (κ1) is 38.7. The molecule has 4 bridgehead atoms. The van der Waals surface area contributed by atoms with Crippen LogP contribution < -0.4 is 34.3 Å². The maximum atomic E-state index is 14.8. The average molecular weight is 836 g/mol. The van der Waals surface area contributed by atoms with Gasteiger partial charge in [0.15, 0.2) is 40.0 Å². The minimum atomic E-state index is -1.39. The number of ether oxygens (including phenoxy) is 6. The largest absolute Gasteiger partial charge is 0.504 e. The van der Waals surface area contributed by atoms with Crippen molar-refractivity contribution >= 4 is 29.8 Å². The molecule has 7 aliphatic rings. The summed E-state index contributed by atoms with van der Waals surface area (Å²) in [4.78, 5) is 30.7. The zero-order chi connectivity index (χ0) is 41.6. The smallest absolute Gasteiger partial charge is 0.336 e. The molecule has 0 saturated carbocycles. The van der Waals surface area contributed by atoms with Crippen LogP contribution in [0.4, 0.5) is 0 Å². The number of phenols is 2. The van der Waals surface area contributed by atoms with Crippen LogP contribution in [0.5, 0.6) is 40.2 Å². The van der Waals surface area contributed by atoms with Crippen molar-refractivity contribution < 1.29 is 53.3 Å². The molecule has 15 heteroatoms. The molecule has 0 amide bonds. The molecule has 0 aliphatic carbocycles. The number of aromatic hydroxyl groups is 2. The van der Waals surface area contributed by atoms with Crippen LogP contribution in [0.25, 0.3) is 6.08 Å². The third-order valence-corrected chi connectivity index (χ3v) is 14.4. The zero-order valence-electron chi connectivity index (χ0n) is 33.4. The number of aryl methyl sites for hydroxylation is 1. The molecule has 2 fully saturated rings. The molecule has 312 valence electrons. The second kappa shape index (κ2) is 14.6. The van der Waals surface area contributed by atoms with E-state index in [4.69, 9.17) is 28.4 Å². The standard InChI is InChI=1S/C45H45N3O11S/c1-21-14-25-15-27-43(52)48-28-18-56-44(53)45(26-17-30(54-3)29(49)16-24(26)12-13-46-45)19-60-42(36(48)35(47-27)32(25)37(51)38(21)55-4)34-33(28)41-40(57-20-58-41)22(2)39(34)59-31(50)11-10-23-8-6-5-7-9-23/h5-11,14,16-17,27-28,35-36,42-43,46-47,49,51-52H,12-13,15,18-20H2,1-4H3/b11-10+/t27?,28-,35?,36?,42+,43-,45+/m0/s1. The lowest BCUT2D eigenvalue weighted by molar-refractivity contribution is -0.164. The molecule has 0 aromatic heterocycles. The van der Waals surface area contributed by atoms with E-state index in [0.29, 0.717) is 64.5 Å². The Kier molecular flexibility index (Phi) is 9.44. The highest BCUT2D eigenvalue weighted by molar-refractivity contribution is 7.99. The highest BCUT2D eigenvalue weighted by atomic mass is 32.2. The highest BCUT2D eigenvalue weighted by Gasteiger charge is 2.60. The minimum absolute atomic E-state index is 0.00947. The van der Waals surface area contributed by atoms with Crippen LogP contribution in [0.2, 0.25) is 0 Å². The lowest BCUT2D eigenvalue weighted by Gasteiger charge is -2.59. The van der Waals surface area contributed by atoms with Crippen molar-refractivity contribution in [2.45, 2.75) is 67.9 Å². The van der Waals surface area contributed by atoms with Gasteiger partial charge in [0.1, 0.15) is 18.6 Å². The Hall–Kier alpha value is -5.45. The molecule has 3 unspecified atom stereocenters. The van der Waals surface area contributed by atoms with Crippen molar-refractivity contribution in [3.63, 3.8) is 0 Å². The summed E-state index contributed by atoms with van der Waals surface area (Å²) < 4.78 is 36.5. The fraction of sp³-hybridized carbons (Fsp3) is 0.378. The first-order chi connectivity index (χ1) is 29.0. The number of carbonyl (C=O) groups is 2. The van der Waals surface area contributed by atoms with Crippen molar-refractivity contribution in [1.29, 1.82) is 0 Å². The summed E-state index contributed by atoms with van der Waals surface area (Å²) in [6.07, 6.45) is 2.94. The van der Waals surface area contributed by atoms with Gasteiger partial charge in [0.2, 0.25) is 6.79 Å². The number of methoxy groups -OCH3 is 2. The van der Waals surface area contributed by atoms with E-state index in [2.05, 4.69) is 10.6 Å². The SMILES string of the molecule is COc1cc2c(cc1O)CCN[C@]21CS[C@@H]2c3c(OC(=O)/C=C/c4ccccc4)c(C)c4c(c3[C@H](COC1=O)N1C2C2NC(Cc3cc(C)c(OC)c(O)c32)[C@@H]1O)OCO4. The number of hydrogen-bond acceptors (Lipinski definition) is 15. The van der Waals surface area contributed by atoms with Gasteiger partial charge < -0.3 is 49.1 Å². The van der Waals surface area contributed by atoms with Crippen molar-refractivity contribution in [2.75, 3.05) is 39.9 Å². The molecule has 7 aliphatic heterocycles. The number of esters is 2. The molecule has 60 heavy (non-hydrogen) atoms. The number of benzene rings is 4. The van der Waals surface area contributed by atoms with Crippen LogP contribution in [0.1, 0.15) is 67.4 Å². The van der Waals surface area contributed by atoms with Gasteiger partial charge in [-0.15, -0.1) is 11.8 Å². The van der Waals surface area contributed by atoms with Gasteiger partial charge in [0, 0.05) is 46.7 Å². The minimum Gasteiger partial charge on any atom is -0.504 e. The zero-order valence-corrected chi connectivity index (χ0v) is 34.3. The lowest BCUT2D eigenvalue weighted by Crippen LogP contribution is -2.69. The maximum Gasteiger partial charge on any atom is 0.336 e. The summed E-state index contributed by atoms with van der Waals surface area (Å²) in [6.45, 7) is 3.82. The summed E-state index contributed by atoms with van der Waals surface area (Å²) in [7, 11) is 2.99. The van der Waals surface area contributed by atoms with E-state index >= 15 is 0 Å². The summed E-state index contributed by atoms with van der Waals surface area (Å²) in [5, 5.41) is 41.9. The van der Waals surface area contributed by atoms with Crippen LogP contribution >= 0.6 is 11.8 Å². The Morgan fingerprint density at radius 1 is 0.983 bits per heavy atom. The van der Waals surface area contributed by atoms with Crippen LogP contribution in [0.15, 0.2) is 54.6 Å². The summed E-state index contributed by atoms with van der Waals surface area (Å²) >= 11 is 1.44. The maximum absolute atomic E-state index is 14.8. The number of nitrogens with zero attached hydrogens (tertiary/aromatic N) is 1. The predicted molar refractivity (Wildman–Crippen MR) is 220 cm³/mol. The number of phenolic OH excluding ortho intramolecular Hbond substituents is 2. The Morgan fingerprint density at radius 3 is 2.57 bits per heavy atom. The molecule has 2 saturated heterocycles. The van der Waals surface area contributed by atoms with Crippen molar-refractivity contribution in [1.82, 2.24) is 15.5 Å². The average Bonchev–Trinajstić information content (AvgIpc) is 3.74. The number of hydrogen-bond donors (Lipinski definition) is 5. The van der Waals surface area contributed by atoms with Gasteiger partial charge in [-0.2, -0.15) is 0 Å². The molecule has 5 N–H and O–H groups in total. The Balaban J connectivity index is 1.20. The molecule has 7 atom stereocenters. The van der Waals surface area contributed by atoms with Crippen molar-refractivity contribution in [3.8, 4) is 40.2 Å². The third-order valence-electron chi connectivity index (χ3n) is 12.9. The van der Waals surface area contributed by atoms with Gasteiger partial charge in [-0.3, -0.25) is 10.2 Å². The molecule has 7 heterocycles. The Bertz CT molecular complexity index is 2480. The van der Waals surface area contributed by atoms with Crippen LogP contribution in [-0.2, 0) is 32.7 Å². The van der Waals surface area contributed by atoms with E-state index in [1.807, 2.05) is 55.1 Å². The fourth-order valence-electron chi connectivity index (χ4n) is 10.3. The van der Waals surface area contributed by atoms with Gasteiger partial charge in [-0.1, -0.05) is 36.4 Å². The van der Waals surface area contributed by atoms with Gasteiger partial charge in [-0.05, 0) is 72.7 Å². The number of aliphatic hydroxyl groups is 1. The van der Waals surface area contributed by atoms with E-state index in [0.717, 1.165) is 22.3 Å². The molecule has 11 rings (SSSR count). The molecule has 1 spiro atoms. The topological polar surface area (TPSA) is 178 Å². The first-order valence-electron chi connectivity index (χ1n) is 20.0. The van der Waals surface area contributed by atoms with Crippen LogP contribution in [-0.4, -0.2) is 90.4 Å². The molecule has 14 nitrogen and oxygen atoms in total. The highest BCUT2D eigenvalue weighted by Crippen LogP contribution is 2.63. The van der Waals surface area contributed by atoms with Crippen LogP contribution in [0.3, 0.4) is 0 Å². The number of thioether (sulfide) groups is 1. The fourth-order valence-corrected chi connectivity index (χ4v) is 12.0. The second-order valence-electron chi connectivity index (χ2n) is 16.1. The van der Waals surface area contributed by atoms with Crippen molar-refractivity contribution in [2.24, 2.45) is 0 Å². The summed E-state index contributed by atoms with van der Waals surface area (Å²) in [5.74, 6) is 0.640. The number of fused-ring (bicyclic) bond motifs is 9. The monoisotopic (exact) mass is 835 g/mol. The summed E-state index contributed by atoms with van der Waals surface area (Å²) in [6, 6.07) is 12.3. The predicted octanol–water partition coefficient (Wildman–Crippen LogP) is 4.76. The van der Waals surface area contributed by atoms with E-state index in [9.17, 15) is 24.9 Å². The van der Waals surface area contributed by atoms with Gasteiger partial charge in [0.25, 0.3) is 0 Å². The van der Waals surface area contributed by atoms with E-state index in [-0.39, 0.29) is 42.2 Å².